The van der Waals surface area contributed by atoms with E-state index in [2.05, 4.69) is 12.2 Å². The van der Waals surface area contributed by atoms with E-state index in [9.17, 15) is 18.0 Å². The molecule has 0 radical (unpaired) electrons. The van der Waals surface area contributed by atoms with Gasteiger partial charge in [0, 0.05) is 0 Å². The summed E-state index contributed by atoms with van der Waals surface area (Å²) < 4.78 is 38.0. The molecule has 0 aromatic carbocycles. The molecule has 0 aliphatic carbocycles. The van der Waals surface area contributed by atoms with Gasteiger partial charge in [0.05, 0.1) is 0 Å². The lowest BCUT2D eigenvalue weighted by atomic mass is 10.0. The Morgan fingerprint density at radius 1 is 1.00 bits per heavy atom. The Kier molecular flexibility index (Phi) is 8.85. The molecule has 1 atom stereocenters. The van der Waals surface area contributed by atoms with Gasteiger partial charge in [-0.05, 0) is 19.9 Å². The molecule has 0 heterocycles. The number of unbranched alkanes of at least 4 members (excludes halogenated alkanes) is 7. The first kappa shape index (κ1) is 19.2. The molecule has 0 amide bonds. The van der Waals surface area contributed by atoms with Crippen molar-refractivity contribution in [3.05, 3.63) is 0 Å². The summed E-state index contributed by atoms with van der Waals surface area (Å²) in [6.07, 6.45) is 3.46. The molecule has 0 aromatic heterocycles. The highest BCUT2D eigenvalue weighted by Gasteiger charge is 2.56. The summed E-state index contributed by atoms with van der Waals surface area (Å²) in [5, 5.41) is 10.8. The van der Waals surface area contributed by atoms with Gasteiger partial charge in [0.2, 0.25) is 5.54 Å². The lowest BCUT2D eigenvalue weighted by Gasteiger charge is -2.28. The maximum absolute atomic E-state index is 12.7. The molecule has 0 saturated heterocycles. The van der Waals surface area contributed by atoms with E-state index >= 15 is 0 Å². The Morgan fingerprint density at radius 3 is 1.85 bits per heavy atom. The summed E-state index contributed by atoms with van der Waals surface area (Å²) in [5.41, 5.74) is -2.85. The number of rotatable bonds is 11. The molecular weight excluding hydrogens is 271 g/mol. The van der Waals surface area contributed by atoms with E-state index in [1.54, 1.807) is 0 Å². The van der Waals surface area contributed by atoms with E-state index < -0.39 is 17.7 Å². The Morgan fingerprint density at radius 2 is 1.45 bits per heavy atom. The predicted molar refractivity (Wildman–Crippen MR) is 72.7 cm³/mol. The summed E-state index contributed by atoms with van der Waals surface area (Å²) in [7, 11) is 0. The SMILES string of the molecule is CCCCCCCCCCNC(C)(C(=O)O)C(F)(F)F. The standard InChI is InChI=1S/C14H26F3NO2/c1-3-4-5-6-7-8-9-10-11-18-13(2,12(19)20)14(15,16)17/h18H,3-11H2,1-2H3,(H,19,20). The minimum absolute atomic E-state index is 0.0667. The monoisotopic (exact) mass is 297 g/mol. The molecule has 0 aliphatic rings. The molecule has 0 spiro atoms. The van der Waals surface area contributed by atoms with Crippen LogP contribution in [0, 0.1) is 0 Å². The highest BCUT2D eigenvalue weighted by atomic mass is 19.4. The van der Waals surface area contributed by atoms with Crippen LogP contribution in [0.2, 0.25) is 0 Å². The second-order valence-corrected chi connectivity index (χ2v) is 5.33. The number of hydrogen-bond acceptors (Lipinski definition) is 2. The molecule has 6 heteroatoms. The second-order valence-electron chi connectivity index (χ2n) is 5.33. The van der Waals surface area contributed by atoms with Gasteiger partial charge in [-0.2, -0.15) is 13.2 Å². The summed E-state index contributed by atoms with van der Waals surface area (Å²) in [6, 6.07) is 0. The minimum atomic E-state index is -4.79. The molecule has 0 bridgehead atoms. The number of halogens is 3. The number of carboxylic acids is 1. The van der Waals surface area contributed by atoms with Crippen molar-refractivity contribution in [2.75, 3.05) is 6.54 Å². The largest absolute Gasteiger partial charge is 0.480 e. The van der Waals surface area contributed by atoms with Crippen molar-refractivity contribution in [3.63, 3.8) is 0 Å². The first-order chi connectivity index (χ1) is 9.25. The van der Waals surface area contributed by atoms with E-state index in [4.69, 9.17) is 5.11 Å². The number of aliphatic carboxylic acids is 1. The quantitative estimate of drug-likeness (QED) is 0.564. The second kappa shape index (κ2) is 9.21. The van der Waals surface area contributed by atoms with Crippen LogP contribution >= 0.6 is 0 Å². The van der Waals surface area contributed by atoms with Crippen LogP contribution in [0.1, 0.15) is 65.2 Å². The van der Waals surface area contributed by atoms with Crippen molar-refractivity contribution in [2.45, 2.75) is 76.9 Å². The zero-order valence-electron chi connectivity index (χ0n) is 12.4. The van der Waals surface area contributed by atoms with E-state index in [0.29, 0.717) is 13.3 Å². The van der Waals surface area contributed by atoms with Crippen molar-refractivity contribution in [3.8, 4) is 0 Å². The zero-order chi connectivity index (χ0) is 15.6. The number of carboxylic acid groups (broad SMARTS) is 1. The van der Waals surface area contributed by atoms with Gasteiger partial charge in [0.1, 0.15) is 0 Å². The molecule has 0 aliphatic heterocycles. The van der Waals surface area contributed by atoms with Crippen LogP contribution in [0.25, 0.3) is 0 Å². The highest BCUT2D eigenvalue weighted by molar-refractivity contribution is 5.79. The molecular formula is C14H26F3NO2. The van der Waals surface area contributed by atoms with Gasteiger partial charge in [-0.25, -0.2) is 4.79 Å². The van der Waals surface area contributed by atoms with Crippen molar-refractivity contribution in [2.24, 2.45) is 0 Å². The fraction of sp³-hybridized carbons (Fsp3) is 0.929. The number of alkyl halides is 3. The third-order valence-corrected chi connectivity index (χ3v) is 3.50. The topological polar surface area (TPSA) is 49.3 Å². The van der Waals surface area contributed by atoms with Crippen LogP contribution in [0.4, 0.5) is 13.2 Å². The zero-order valence-corrected chi connectivity index (χ0v) is 12.4. The Labute approximate surface area is 118 Å². The summed E-state index contributed by atoms with van der Waals surface area (Å²) in [5.74, 6) is -1.88. The van der Waals surface area contributed by atoms with Crippen LogP contribution in [0.3, 0.4) is 0 Å². The first-order valence-electron chi connectivity index (χ1n) is 7.31. The Balaban J connectivity index is 3.79. The Hall–Kier alpha value is -0.780. The Bertz CT molecular complexity index is 282. The van der Waals surface area contributed by atoms with E-state index in [1.165, 1.54) is 19.3 Å². The van der Waals surface area contributed by atoms with Crippen LogP contribution < -0.4 is 5.32 Å². The van der Waals surface area contributed by atoms with Gasteiger partial charge >= 0.3 is 12.1 Å². The number of hydrogen-bond donors (Lipinski definition) is 2. The average molecular weight is 297 g/mol. The molecule has 2 N–H and O–H groups in total. The predicted octanol–water partition coefficient (Wildman–Crippen LogP) is 4.12. The summed E-state index contributed by atoms with van der Waals surface area (Å²) in [4.78, 5) is 10.8. The van der Waals surface area contributed by atoms with Gasteiger partial charge in [-0.1, -0.05) is 51.9 Å². The third kappa shape index (κ3) is 6.59. The van der Waals surface area contributed by atoms with Crippen LogP contribution in [0.15, 0.2) is 0 Å². The average Bonchev–Trinajstić information content (AvgIpc) is 2.34. The van der Waals surface area contributed by atoms with Crippen molar-refractivity contribution in [1.29, 1.82) is 0 Å². The lowest BCUT2D eigenvalue weighted by Crippen LogP contribution is -2.60. The third-order valence-electron chi connectivity index (χ3n) is 3.50. The van der Waals surface area contributed by atoms with Crippen molar-refractivity contribution >= 4 is 5.97 Å². The van der Waals surface area contributed by atoms with E-state index in [0.717, 1.165) is 25.7 Å². The molecule has 0 saturated carbocycles. The van der Waals surface area contributed by atoms with Crippen LogP contribution in [-0.2, 0) is 4.79 Å². The van der Waals surface area contributed by atoms with E-state index in [-0.39, 0.29) is 6.54 Å². The van der Waals surface area contributed by atoms with Crippen molar-refractivity contribution in [1.82, 2.24) is 5.32 Å². The fourth-order valence-electron chi connectivity index (χ4n) is 1.89. The number of nitrogens with one attached hydrogen (secondary N) is 1. The van der Waals surface area contributed by atoms with Gasteiger partial charge in [0.25, 0.3) is 0 Å². The number of carbonyl (C=O) groups is 1. The molecule has 20 heavy (non-hydrogen) atoms. The fourth-order valence-corrected chi connectivity index (χ4v) is 1.89. The maximum Gasteiger partial charge on any atom is 0.417 e. The molecule has 3 nitrogen and oxygen atoms in total. The minimum Gasteiger partial charge on any atom is -0.480 e. The normalized spacial score (nSPS) is 15.1. The van der Waals surface area contributed by atoms with Gasteiger partial charge < -0.3 is 5.11 Å². The van der Waals surface area contributed by atoms with Crippen molar-refractivity contribution < 1.29 is 23.1 Å². The smallest absolute Gasteiger partial charge is 0.417 e. The molecule has 0 aromatic rings. The summed E-state index contributed by atoms with van der Waals surface area (Å²) >= 11 is 0. The van der Waals surface area contributed by atoms with Gasteiger partial charge in [-0.3, -0.25) is 5.32 Å². The van der Waals surface area contributed by atoms with Crippen LogP contribution in [-0.4, -0.2) is 29.3 Å². The summed E-state index contributed by atoms with van der Waals surface area (Å²) in [6.45, 7) is 2.88. The molecule has 1 unspecified atom stereocenters. The first-order valence-corrected chi connectivity index (χ1v) is 7.31. The maximum atomic E-state index is 12.7. The molecule has 120 valence electrons. The van der Waals surface area contributed by atoms with Gasteiger partial charge in [0.15, 0.2) is 0 Å². The van der Waals surface area contributed by atoms with Gasteiger partial charge in [-0.15, -0.1) is 0 Å². The highest BCUT2D eigenvalue weighted by Crippen LogP contribution is 2.30. The lowest BCUT2D eigenvalue weighted by molar-refractivity contribution is -0.205. The van der Waals surface area contributed by atoms with Crippen LogP contribution in [0.5, 0.6) is 0 Å². The van der Waals surface area contributed by atoms with E-state index in [1.807, 2.05) is 0 Å². The molecule has 0 fully saturated rings. The molecule has 0 rings (SSSR count).